The lowest BCUT2D eigenvalue weighted by molar-refractivity contribution is -0.131. The average Bonchev–Trinajstić information content (AvgIpc) is 3.32. The summed E-state index contributed by atoms with van der Waals surface area (Å²) >= 11 is 0. The Labute approximate surface area is 162 Å². The number of benzene rings is 1. The number of carbonyl (C=O) groups excluding carboxylic acids is 2. The van der Waals surface area contributed by atoms with Gasteiger partial charge in [-0.2, -0.15) is 0 Å². The Hall–Kier alpha value is -1.84. The first-order chi connectivity index (χ1) is 13.2. The van der Waals surface area contributed by atoms with Crippen LogP contribution in [-0.4, -0.2) is 47.8 Å². The van der Waals surface area contributed by atoms with Crippen LogP contribution in [0, 0.1) is 11.3 Å². The highest BCUT2D eigenvalue weighted by atomic mass is 16.2. The molecule has 1 unspecified atom stereocenters. The SMILES string of the molecule is O=C(CCC1CN(C(=O)CCc2ccccc2)CC12CCC2)N1CCCC1. The third-order valence-electron chi connectivity index (χ3n) is 7.15. The van der Waals surface area contributed by atoms with Crippen LogP contribution in [0.2, 0.25) is 0 Å². The molecule has 4 nitrogen and oxygen atoms in total. The van der Waals surface area contributed by atoms with Crippen molar-refractivity contribution in [2.24, 2.45) is 11.3 Å². The van der Waals surface area contributed by atoms with Gasteiger partial charge in [0.1, 0.15) is 0 Å². The number of amides is 2. The molecule has 3 fully saturated rings. The van der Waals surface area contributed by atoms with Gasteiger partial charge >= 0.3 is 0 Å². The Kier molecular flexibility index (Phi) is 5.51. The molecule has 27 heavy (non-hydrogen) atoms. The van der Waals surface area contributed by atoms with Crippen molar-refractivity contribution in [2.45, 2.75) is 57.8 Å². The Balaban J connectivity index is 1.30. The molecular formula is C23H32N2O2. The van der Waals surface area contributed by atoms with Crippen molar-refractivity contribution >= 4 is 11.8 Å². The summed E-state index contributed by atoms with van der Waals surface area (Å²) in [6.45, 7) is 3.67. The summed E-state index contributed by atoms with van der Waals surface area (Å²) in [5.74, 6) is 1.13. The lowest BCUT2D eigenvalue weighted by Crippen LogP contribution is -2.39. The van der Waals surface area contributed by atoms with Crippen molar-refractivity contribution < 1.29 is 9.59 Å². The first kappa shape index (κ1) is 18.5. The molecule has 4 heteroatoms. The zero-order valence-corrected chi connectivity index (χ0v) is 16.4. The molecule has 1 aromatic rings. The van der Waals surface area contributed by atoms with Gasteiger partial charge in [-0.25, -0.2) is 0 Å². The van der Waals surface area contributed by atoms with Crippen molar-refractivity contribution in [3.63, 3.8) is 0 Å². The number of aryl methyl sites for hydroxylation is 1. The molecule has 2 amide bonds. The molecule has 4 rings (SSSR count). The third-order valence-corrected chi connectivity index (χ3v) is 7.15. The van der Waals surface area contributed by atoms with E-state index in [1.807, 2.05) is 23.1 Å². The van der Waals surface area contributed by atoms with Crippen LogP contribution < -0.4 is 0 Å². The monoisotopic (exact) mass is 368 g/mol. The van der Waals surface area contributed by atoms with Gasteiger partial charge in [-0.05, 0) is 55.4 Å². The normalized spacial score (nSPS) is 23.6. The fourth-order valence-corrected chi connectivity index (χ4v) is 5.29. The van der Waals surface area contributed by atoms with Crippen LogP contribution in [0.5, 0.6) is 0 Å². The fraction of sp³-hybridized carbons (Fsp3) is 0.652. The average molecular weight is 369 g/mol. The zero-order valence-electron chi connectivity index (χ0n) is 16.4. The van der Waals surface area contributed by atoms with E-state index < -0.39 is 0 Å². The molecule has 1 spiro atoms. The van der Waals surface area contributed by atoms with E-state index in [1.165, 1.54) is 24.8 Å². The Morgan fingerprint density at radius 3 is 2.30 bits per heavy atom. The van der Waals surface area contributed by atoms with Gasteiger partial charge < -0.3 is 9.80 Å². The van der Waals surface area contributed by atoms with E-state index in [-0.39, 0.29) is 0 Å². The maximum absolute atomic E-state index is 12.8. The number of carbonyl (C=O) groups is 2. The van der Waals surface area contributed by atoms with E-state index in [0.717, 1.165) is 51.9 Å². The van der Waals surface area contributed by atoms with Crippen LogP contribution in [0.3, 0.4) is 0 Å². The van der Waals surface area contributed by atoms with Gasteiger partial charge in [0.05, 0.1) is 0 Å². The first-order valence-electron chi connectivity index (χ1n) is 10.8. The van der Waals surface area contributed by atoms with Crippen LogP contribution in [0.1, 0.15) is 56.9 Å². The summed E-state index contributed by atoms with van der Waals surface area (Å²) in [4.78, 5) is 29.4. The van der Waals surface area contributed by atoms with E-state index in [9.17, 15) is 9.59 Å². The van der Waals surface area contributed by atoms with E-state index in [2.05, 4.69) is 17.0 Å². The minimum atomic E-state index is 0.290. The summed E-state index contributed by atoms with van der Waals surface area (Å²) in [5, 5.41) is 0. The minimum absolute atomic E-state index is 0.290. The molecule has 0 bridgehead atoms. The van der Waals surface area contributed by atoms with E-state index >= 15 is 0 Å². The van der Waals surface area contributed by atoms with Crippen molar-refractivity contribution in [3.8, 4) is 0 Å². The summed E-state index contributed by atoms with van der Waals surface area (Å²) in [6, 6.07) is 10.3. The fourth-order valence-electron chi connectivity index (χ4n) is 5.29. The third kappa shape index (κ3) is 4.04. The smallest absolute Gasteiger partial charge is 0.222 e. The molecule has 1 atom stereocenters. The number of likely N-dealkylation sites (tertiary alicyclic amines) is 2. The molecule has 3 aliphatic rings. The molecule has 1 aromatic carbocycles. The predicted octanol–water partition coefficient (Wildman–Crippen LogP) is 3.65. The van der Waals surface area contributed by atoms with Gasteiger partial charge in [0, 0.05) is 39.0 Å². The molecule has 0 N–H and O–H groups in total. The van der Waals surface area contributed by atoms with Crippen molar-refractivity contribution in [2.75, 3.05) is 26.2 Å². The first-order valence-corrected chi connectivity index (χ1v) is 10.8. The summed E-state index contributed by atoms with van der Waals surface area (Å²) in [7, 11) is 0. The highest BCUT2D eigenvalue weighted by Gasteiger charge is 2.50. The van der Waals surface area contributed by atoms with Gasteiger partial charge in [0.2, 0.25) is 11.8 Å². The standard InChI is InChI=1S/C23H32N2O2/c26-21(24-15-4-5-16-24)12-10-20-17-25(18-23(20)13-6-14-23)22(27)11-9-19-7-2-1-3-8-19/h1-3,7-8,20H,4-6,9-18H2. The van der Waals surface area contributed by atoms with Gasteiger partial charge in [-0.15, -0.1) is 0 Å². The summed E-state index contributed by atoms with van der Waals surface area (Å²) in [5.41, 5.74) is 1.55. The topological polar surface area (TPSA) is 40.6 Å². The maximum Gasteiger partial charge on any atom is 0.222 e. The molecule has 0 aromatic heterocycles. The lowest BCUT2D eigenvalue weighted by Gasteiger charge is -2.43. The van der Waals surface area contributed by atoms with Crippen LogP contribution in [0.15, 0.2) is 30.3 Å². The molecule has 2 aliphatic heterocycles. The highest BCUT2D eigenvalue weighted by molar-refractivity contribution is 5.77. The summed E-state index contributed by atoms with van der Waals surface area (Å²) < 4.78 is 0. The second-order valence-electron chi connectivity index (χ2n) is 8.80. The van der Waals surface area contributed by atoms with E-state index in [0.29, 0.717) is 36.0 Å². The van der Waals surface area contributed by atoms with Gasteiger partial charge in [0.15, 0.2) is 0 Å². The van der Waals surface area contributed by atoms with Crippen LogP contribution >= 0.6 is 0 Å². The van der Waals surface area contributed by atoms with Crippen molar-refractivity contribution in [1.82, 2.24) is 9.80 Å². The quantitative estimate of drug-likeness (QED) is 0.769. The van der Waals surface area contributed by atoms with Crippen molar-refractivity contribution in [1.29, 1.82) is 0 Å². The number of hydrogen-bond donors (Lipinski definition) is 0. The Bertz CT molecular complexity index is 662. The number of hydrogen-bond acceptors (Lipinski definition) is 2. The van der Waals surface area contributed by atoms with Crippen molar-refractivity contribution in [3.05, 3.63) is 35.9 Å². The van der Waals surface area contributed by atoms with Crippen LogP contribution in [-0.2, 0) is 16.0 Å². The Morgan fingerprint density at radius 2 is 1.63 bits per heavy atom. The largest absolute Gasteiger partial charge is 0.343 e. The molecular weight excluding hydrogens is 336 g/mol. The van der Waals surface area contributed by atoms with Crippen LogP contribution in [0.4, 0.5) is 0 Å². The van der Waals surface area contributed by atoms with Gasteiger partial charge in [0.25, 0.3) is 0 Å². The Morgan fingerprint density at radius 1 is 0.926 bits per heavy atom. The maximum atomic E-state index is 12.8. The molecule has 2 saturated heterocycles. The molecule has 146 valence electrons. The van der Waals surface area contributed by atoms with Gasteiger partial charge in [-0.3, -0.25) is 9.59 Å². The molecule has 2 heterocycles. The van der Waals surface area contributed by atoms with Crippen LogP contribution in [0.25, 0.3) is 0 Å². The molecule has 0 radical (unpaired) electrons. The molecule has 1 saturated carbocycles. The van der Waals surface area contributed by atoms with E-state index in [1.54, 1.807) is 0 Å². The summed E-state index contributed by atoms with van der Waals surface area (Å²) in [6.07, 6.45) is 9.10. The lowest BCUT2D eigenvalue weighted by atomic mass is 9.62. The number of nitrogens with zero attached hydrogens (tertiary/aromatic N) is 2. The zero-order chi connectivity index (χ0) is 18.7. The predicted molar refractivity (Wildman–Crippen MR) is 106 cm³/mol. The molecule has 1 aliphatic carbocycles. The van der Waals surface area contributed by atoms with E-state index in [4.69, 9.17) is 0 Å². The second kappa shape index (κ2) is 8.04. The second-order valence-corrected chi connectivity index (χ2v) is 8.80. The highest BCUT2D eigenvalue weighted by Crippen LogP contribution is 2.53. The van der Waals surface area contributed by atoms with Gasteiger partial charge in [-0.1, -0.05) is 36.8 Å². The number of rotatable bonds is 6. The minimum Gasteiger partial charge on any atom is -0.343 e.